The number of methoxy groups -OCH3 is 1. The van der Waals surface area contributed by atoms with E-state index in [0.29, 0.717) is 22.2 Å². The van der Waals surface area contributed by atoms with Gasteiger partial charge in [-0.25, -0.2) is 4.79 Å². The summed E-state index contributed by atoms with van der Waals surface area (Å²) in [4.78, 5) is 28.8. The number of benzene rings is 1. The molecule has 5 nitrogen and oxygen atoms in total. The first-order valence-corrected chi connectivity index (χ1v) is 10.8. The van der Waals surface area contributed by atoms with Crippen molar-refractivity contribution >= 4 is 40.6 Å². The molecule has 0 saturated heterocycles. The third-order valence-corrected chi connectivity index (χ3v) is 6.58. The average molecular weight is 451 g/mol. The zero-order chi connectivity index (χ0) is 21.3. The van der Waals surface area contributed by atoms with Crippen LogP contribution in [0.5, 0.6) is 0 Å². The number of hydrogen-bond acceptors (Lipinski definition) is 5. The normalized spacial score (nSPS) is 14.1. The highest BCUT2D eigenvalue weighted by atomic mass is 35.5. The molecule has 0 unspecified atom stereocenters. The molecule has 1 aromatic carbocycles. The summed E-state index contributed by atoms with van der Waals surface area (Å²) >= 11 is 1.48. The molecule has 0 atom stereocenters. The van der Waals surface area contributed by atoms with Crippen LogP contribution in [-0.4, -0.2) is 36.5 Å². The van der Waals surface area contributed by atoms with E-state index in [4.69, 9.17) is 4.74 Å². The number of carbonyl (C=O) groups is 2. The van der Waals surface area contributed by atoms with Gasteiger partial charge in [0.05, 0.1) is 12.7 Å². The van der Waals surface area contributed by atoms with E-state index >= 15 is 0 Å². The van der Waals surface area contributed by atoms with Gasteiger partial charge in [-0.2, -0.15) is 0 Å². The molecule has 30 heavy (non-hydrogen) atoms. The fourth-order valence-corrected chi connectivity index (χ4v) is 4.82. The summed E-state index contributed by atoms with van der Waals surface area (Å²) in [7, 11) is 1.38. The van der Waals surface area contributed by atoms with Crippen LogP contribution in [-0.2, 0) is 23.1 Å². The molecule has 2 aromatic rings. The lowest BCUT2D eigenvalue weighted by atomic mass is 9.87. The number of ether oxygens (including phenoxy) is 1. The van der Waals surface area contributed by atoms with Gasteiger partial charge in [-0.15, -0.1) is 23.7 Å². The Bertz CT molecular complexity index is 914. The Balaban J connectivity index is 0.00000320. The van der Waals surface area contributed by atoms with E-state index in [0.717, 1.165) is 30.0 Å². The highest BCUT2D eigenvalue weighted by Crippen LogP contribution is 2.38. The first-order chi connectivity index (χ1) is 13.6. The summed E-state index contributed by atoms with van der Waals surface area (Å²) in [6.45, 7) is 12.4. The van der Waals surface area contributed by atoms with E-state index in [1.165, 1.54) is 24.0 Å². The van der Waals surface area contributed by atoms with Crippen LogP contribution in [0, 0.1) is 0 Å². The van der Waals surface area contributed by atoms with Crippen molar-refractivity contribution < 1.29 is 14.3 Å². The molecule has 1 amide bonds. The zero-order valence-corrected chi connectivity index (χ0v) is 20.1. The number of carbonyl (C=O) groups excluding carboxylic acids is 2. The summed E-state index contributed by atoms with van der Waals surface area (Å²) in [6, 6.07) is 8.07. The van der Waals surface area contributed by atoms with Crippen molar-refractivity contribution in [2.75, 3.05) is 19.0 Å². The van der Waals surface area contributed by atoms with Gasteiger partial charge < -0.3 is 10.1 Å². The minimum Gasteiger partial charge on any atom is -0.465 e. The van der Waals surface area contributed by atoms with Crippen LogP contribution in [0.3, 0.4) is 0 Å². The first kappa shape index (κ1) is 24.4. The predicted octanol–water partition coefficient (Wildman–Crippen LogP) is 5.27. The van der Waals surface area contributed by atoms with Crippen molar-refractivity contribution in [3.8, 4) is 0 Å². The SMILES string of the molecule is COC(=O)c1c(NC(=O)c2ccc(C(C)(C)C)cc2)sc2c1CCN(C(C)C)C2.Cl. The standard InChI is InChI=1S/C23H30N2O3S.ClH/c1-14(2)25-12-11-17-18(13-25)29-21(19(17)22(27)28-6)24-20(26)15-7-9-16(10-8-15)23(3,4)5;/h7-10,14H,11-13H2,1-6H3,(H,24,26);1H. The van der Waals surface area contributed by atoms with Gasteiger partial charge in [0.25, 0.3) is 5.91 Å². The van der Waals surface area contributed by atoms with Crippen LogP contribution in [0.15, 0.2) is 24.3 Å². The number of thiophene rings is 1. The lowest BCUT2D eigenvalue weighted by molar-refractivity contribution is 0.0600. The van der Waals surface area contributed by atoms with Gasteiger partial charge in [0.1, 0.15) is 5.00 Å². The van der Waals surface area contributed by atoms with Crippen molar-refractivity contribution in [1.82, 2.24) is 4.90 Å². The van der Waals surface area contributed by atoms with Crippen LogP contribution in [0.2, 0.25) is 0 Å². The van der Waals surface area contributed by atoms with Crippen molar-refractivity contribution in [2.24, 2.45) is 0 Å². The fraction of sp³-hybridized carbons (Fsp3) is 0.478. The van der Waals surface area contributed by atoms with Crippen LogP contribution >= 0.6 is 23.7 Å². The Morgan fingerprint density at radius 2 is 1.80 bits per heavy atom. The molecular weight excluding hydrogens is 420 g/mol. The van der Waals surface area contributed by atoms with Crippen LogP contribution in [0.1, 0.15) is 71.3 Å². The summed E-state index contributed by atoms with van der Waals surface area (Å²) in [5, 5.41) is 3.54. The smallest absolute Gasteiger partial charge is 0.341 e. The summed E-state index contributed by atoms with van der Waals surface area (Å²) in [5.74, 6) is -0.603. The number of hydrogen-bond donors (Lipinski definition) is 1. The van der Waals surface area contributed by atoms with E-state index in [2.05, 4.69) is 44.8 Å². The summed E-state index contributed by atoms with van der Waals surface area (Å²) < 4.78 is 5.02. The number of esters is 1. The molecule has 0 bridgehead atoms. The minimum absolute atomic E-state index is 0. The van der Waals surface area contributed by atoms with E-state index in [1.54, 1.807) is 0 Å². The van der Waals surface area contributed by atoms with Gasteiger partial charge in [-0.3, -0.25) is 9.69 Å². The number of nitrogens with zero attached hydrogens (tertiary/aromatic N) is 1. The quantitative estimate of drug-likeness (QED) is 0.644. The Hall–Kier alpha value is -1.89. The number of amides is 1. The number of anilines is 1. The molecule has 1 aromatic heterocycles. The first-order valence-electron chi connectivity index (χ1n) is 10.0. The molecule has 7 heteroatoms. The Morgan fingerprint density at radius 1 is 1.17 bits per heavy atom. The Kier molecular flexibility index (Phi) is 7.72. The maximum Gasteiger partial charge on any atom is 0.341 e. The molecular formula is C23H31ClN2O3S. The molecule has 1 N–H and O–H groups in total. The number of fused-ring (bicyclic) bond motifs is 1. The molecule has 0 radical (unpaired) electrons. The van der Waals surface area contributed by atoms with Crippen LogP contribution in [0.4, 0.5) is 5.00 Å². The second kappa shape index (κ2) is 9.50. The molecule has 2 heterocycles. The maximum absolute atomic E-state index is 12.9. The molecule has 0 spiro atoms. The fourth-order valence-electron chi connectivity index (χ4n) is 3.57. The van der Waals surface area contributed by atoms with Gasteiger partial charge in [0.15, 0.2) is 0 Å². The predicted molar refractivity (Wildman–Crippen MR) is 125 cm³/mol. The largest absolute Gasteiger partial charge is 0.465 e. The molecule has 1 aliphatic heterocycles. The highest BCUT2D eigenvalue weighted by Gasteiger charge is 2.30. The Morgan fingerprint density at radius 3 is 2.33 bits per heavy atom. The molecule has 164 valence electrons. The molecule has 3 rings (SSSR count). The molecule has 0 saturated carbocycles. The molecule has 0 aliphatic carbocycles. The van der Waals surface area contributed by atoms with Gasteiger partial charge in [0, 0.05) is 29.6 Å². The Labute approximate surface area is 189 Å². The maximum atomic E-state index is 12.9. The monoisotopic (exact) mass is 450 g/mol. The second-order valence-corrected chi connectivity index (χ2v) is 9.90. The summed E-state index contributed by atoms with van der Waals surface area (Å²) in [5.41, 5.74) is 3.30. The van der Waals surface area contributed by atoms with E-state index in [-0.39, 0.29) is 29.7 Å². The van der Waals surface area contributed by atoms with Gasteiger partial charge in [-0.1, -0.05) is 32.9 Å². The van der Waals surface area contributed by atoms with E-state index < -0.39 is 0 Å². The topological polar surface area (TPSA) is 58.6 Å². The van der Waals surface area contributed by atoms with Gasteiger partial charge >= 0.3 is 5.97 Å². The molecule has 1 aliphatic rings. The van der Waals surface area contributed by atoms with Gasteiger partial charge in [0.2, 0.25) is 0 Å². The third kappa shape index (κ3) is 5.05. The van der Waals surface area contributed by atoms with Gasteiger partial charge in [-0.05, 0) is 48.9 Å². The van der Waals surface area contributed by atoms with Crippen LogP contribution in [0.25, 0.3) is 0 Å². The summed E-state index contributed by atoms with van der Waals surface area (Å²) in [6.07, 6.45) is 0.782. The lowest BCUT2D eigenvalue weighted by Crippen LogP contribution is -2.35. The van der Waals surface area contributed by atoms with E-state index in [9.17, 15) is 9.59 Å². The second-order valence-electron chi connectivity index (χ2n) is 8.80. The van der Waals surface area contributed by atoms with Crippen molar-refractivity contribution in [1.29, 1.82) is 0 Å². The molecule has 0 fully saturated rings. The third-order valence-electron chi connectivity index (χ3n) is 5.45. The number of halogens is 1. The van der Waals surface area contributed by atoms with Crippen LogP contribution < -0.4 is 5.32 Å². The number of rotatable bonds is 4. The van der Waals surface area contributed by atoms with E-state index in [1.807, 2.05) is 24.3 Å². The minimum atomic E-state index is -0.390. The van der Waals surface area contributed by atoms with Crippen molar-refractivity contribution in [2.45, 2.75) is 59.0 Å². The van der Waals surface area contributed by atoms with Crippen molar-refractivity contribution in [3.05, 3.63) is 51.4 Å². The van der Waals surface area contributed by atoms with Crippen molar-refractivity contribution in [3.63, 3.8) is 0 Å². The highest BCUT2D eigenvalue weighted by molar-refractivity contribution is 7.17. The average Bonchev–Trinajstić information content (AvgIpc) is 3.03. The number of nitrogens with one attached hydrogen (secondary N) is 1. The lowest BCUT2D eigenvalue weighted by Gasteiger charge is -2.30. The zero-order valence-electron chi connectivity index (χ0n) is 18.5.